The third-order valence-electron chi connectivity index (χ3n) is 1.87. The van der Waals surface area contributed by atoms with Gasteiger partial charge in [0.2, 0.25) is 0 Å². The van der Waals surface area contributed by atoms with Crippen LogP contribution in [-0.2, 0) is 0 Å². The summed E-state index contributed by atoms with van der Waals surface area (Å²) in [6.07, 6.45) is 3.15. The van der Waals surface area contributed by atoms with Gasteiger partial charge in [0.05, 0.1) is 0 Å². The van der Waals surface area contributed by atoms with Crippen molar-refractivity contribution in [1.29, 1.82) is 0 Å². The highest BCUT2D eigenvalue weighted by Gasteiger charge is 1.93. The van der Waals surface area contributed by atoms with Gasteiger partial charge in [-0.3, -0.25) is 0 Å². The molecule has 1 aromatic carbocycles. The van der Waals surface area contributed by atoms with Crippen molar-refractivity contribution in [2.75, 3.05) is 5.88 Å². The van der Waals surface area contributed by atoms with Crippen molar-refractivity contribution in [3.05, 3.63) is 39.9 Å². The van der Waals surface area contributed by atoms with E-state index in [0.29, 0.717) is 5.88 Å². The molecule has 1 aromatic rings. The second-order valence-electron chi connectivity index (χ2n) is 2.84. The number of alkyl halides is 1. The van der Waals surface area contributed by atoms with E-state index in [2.05, 4.69) is 41.1 Å². The van der Waals surface area contributed by atoms with Gasteiger partial charge in [-0.25, -0.2) is 0 Å². The topological polar surface area (TPSA) is 0 Å². The van der Waals surface area contributed by atoms with E-state index in [1.165, 1.54) is 11.1 Å². The van der Waals surface area contributed by atoms with Crippen LogP contribution in [0.2, 0.25) is 0 Å². The summed E-state index contributed by atoms with van der Waals surface area (Å²) in [4.78, 5) is 0. The number of hydrogen-bond acceptors (Lipinski definition) is 0. The van der Waals surface area contributed by atoms with Gasteiger partial charge >= 0.3 is 0 Å². The number of allylic oxidation sites excluding steroid dienone is 1. The average Bonchev–Trinajstić information content (AvgIpc) is 2.17. The lowest BCUT2D eigenvalue weighted by molar-refractivity contribution is 1.12. The van der Waals surface area contributed by atoms with E-state index in [0.717, 1.165) is 10.9 Å². The number of rotatable bonds is 3. The third kappa shape index (κ3) is 3.53. The van der Waals surface area contributed by atoms with Crippen molar-refractivity contribution in [3.63, 3.8) is 0 Å². The van der Waals surface area contributed by atoms with E-state index in [9.17, 15) is 0 Å². The fourth-order valence-corrected chi connectivity index (χ4v) is 1.56. The second kappa shape index (κ2) is 5.46. The first-order valence-electron chi connectivity index (χ1n) is 4.27. The van der Waals surface area contributed by atoms with Gasteiger partial charge in [-0.1, -0.05) is 46.6 Å². The summed E-state index contributed by atoms with van der Waals surface area (Å²) >= 11 is 9.17. The molecule has 0 spiro atoms. The van der Waals surface area contributed by atoms with E-state index in [4.69, 9.17) is 11.6 Å². The number of hydrogen-bond donors (Lipinski definition) is 0. The lowest BCUT2D eigenvalue weighted by Crippen LogP contribution is -1.82. The molecule has 0 amide bonds. The zero-order chi connectivity index (χ0) is 9.68. The maximum Gasteiger partial charge on any atom is 0.0436 e. The normalized spacial score (nSPS) is 11.8. The Labute approximate surface area is 92.7 Å². The van der Waals surface area contributed by atoms with Crippen molar-refractivity contribution in [3.8, 4) is 0 Å². The van der Waals surface area contributed by atoms with Gasteiger partial charge in [-0.2, -0.15) is 0 Å². The predicted octanol–water partition coefficient (Wildman–Crippen LogP) is 4.48. The maximum absolute atomic E-state index is 5.77. The molecule has 0 aliphatic carbocycles. The Hall–Kier alpha value is -0.270. The Bertz CT molecular complexity index is 281. The molecule has 0 nitrogen and oxygen atoms in total. The van der Waals surface area contributed by atoms with Crippen LogP contribution in [0.4, 0.5) is 0 Å². The van der Waals surface area contributed by atoms with E-state index in [1.807, 2.05) is 12.1 Å². The van der Waals surface area contributed by atoms with E-state index >= 15 is 0 Å². The Morgan fingerprint density at radius 2 is 2.00 bits per heavy atom. The highest BCUT2D eigenvalue weighted by atomic mass is 79.9. The first kappa shape index (κ1) is 10.8. The molecule has 70 valence electrons. The summed E-state index contributed by atoms with van der Waals surface area (Å²) in [5.74, 6) is 0.618. The SMILES string of the molecule is CC/C(=C/c1ccc(Br)cc1)CCl. The molecule has 0 aromatic heterocycles. The molecule has 0 aliphatic heterocycles. The van der Waals surface area contributed by atoms with Gasteiger partial charge in [-0.15, -0.1) is 11.6 Å². The van der Waals surface area contributed by atoms with Crippen LogP contribution in [0.15, 0.2) is 34.3 Å². The highest BCUT2D eigenvalue weighted by Crippen LogP contribution is 2.14. The summed E-state index contributed by atoms with van der Waals surface area (Å²) in [6.45, 7) is 2.12. The van der Waals surface area contributed by atoms with E-state index in [1.54, 1.807) is 0 Å². The minimum absolute atomic E-state index is 0.618. The van der Waals surface area contributed by atoms with Crippen molar-refractivity contribution >= 4 is 33.6 Å². The lowest BCUT2D eigenvalue weighted by Gasteiger charge is -1.99. The summed E-state index contributed by atoms with van der Waals surface area (Å²) in [5.41, 5.74) is 2.48. The minimum Gasteiger partial charge on any atom is -0.122 e. The quantitative estimate of drug-likeness (QED) is 0.702. The summed E-state index contributed by atoms with van der Waals surface area (Å²) < 4.78 is 1.11. The molecule has 1 rings (SSSR count). The van der Waals surface area contributed by atoms with Gasteiger partial charge in [-0.05, 0) is 24.1 Å². The fourth-order valence-electron chi connectivity index (χ4n) is 1.03. The smallest absolute Gasteiger partial charge is 0.0436 e. The molecular formula is C11H12BrCl. The van der Waals surface area contributed by atoms with Crippen LogP contribution in [0.3, 0.4) is 0 Å². The van der Waals surface area contributed by atoms with E-state index in [-0.39, 0.29) is 0 Å². The molecule has 0 atom stereocenters. The second-order valence-corrected chi connectivity index (χ2v) is 4.02. The molecule has 0 bridgehead atoms. The molecule has 13 heavy (non-hydrogen) atoms. The van der Waals surface area contributed by atoms with Crippen molar-refractivity contribution in [1.82, 2.24) is 0 Å². The zero-order valence-corrected chi connectivity index (χ0v) is 9.90. The van der Waals surface area contributed by atoms with Gasteiger partial charge in [0, 0.05) is 10.4 Å². The standard InChI is InChI=1S/C11H12BrCl/c1-2-9(8-13)7-10-3-5-11(12)6-4-10/h3-7H,2,8H2,1H3/b9-7-. The molecular weight excluding hydrogens is 247 g/mol. The van der Waals surface area contributed by atoms with Crippen LogP contribution in [-0.4, -0.2) is 5.88 Å². The summed E-state index contributed by atoms with van der Waals surface area (Å²) in [6, 6.07) is 8.22. The number of halogens is 2. The molecule has 0 radical (unpaired) electrons. The van der Waals surface area contributed by atoms with Crippen LogP contribution in [0.25, 0.3) is 6.08 Å². The fraction of sp³-hybridized carbons (Fsp3) is 0.273. The maximum atomic E-state index is 5.77. The summed E-state index contributed by atoms with van der Waals surface area (Å²) in [7, 11) is 0. The zero-order valence-electron chi connectivity index (χ0n) is 7.56. The molecule has 0 aliphatic rings. The van der Waals surface area contributed by atoms with Crippen LogP contribution < -0.4 is 0 Å². The van der Waals surface area contributed by atoms with Crippen LogP contribution in [0.5, 0.6) is 0 Å². The molecule has 0 fully saturated rings. The molecule has 0 saturated heterocycles. The Morgan fingerprint density at radius 3 is 2.46 bits per heavy atom. The molecule has 0 unspecified atom stereocenters. The Morgan fingerprint density at radius 1 is 1.38 bits per heavy atom. The minimum atomic E-state index is 0.618. The molecule has 2 heteroatoms. The van der Waals surface area contributed by atoms with Gasteiger partial charge in [0.1, 0.15) is 0 Å². The first-order valence-corrected chi connectivity index (χ1v) is 5.60. The largest absolute Gasteiger partial charge is 0.122 e. The molecule has 0 saturated carbocycles. The van der Waals surface area contributed by atoms with Crippen LogP contribution in [0.1, 0.15) is 18.9 Å². The average molecular weight is 260 g/mol. The van der Waals surface area contributed by atoms with Crippen LogP contribution >= 0.6 is 27.5 Å². The van der Waals surface area contributed by atoms with Gasteiger partial charge in [0.15, 0.2) is 0 Å². The first-order chi connectivity index (χ1) is 6.26. The van der Waals surface area contributed by atoms with Gasteiger partial charge in [0.25, 0.3) is 0 Å². The Balaban J connectivity index is 2.84. The monoisotopic (exact) mass is 258 g/mol. The van der Waals surface area contributed by atoms with Gasteiger partial charge < -0.3 is 0 Å². The van der Waals surface area contributed by atoms with Crippen molar-refractivity contribution in [2.24, 2.45) is 0 Å². The Kier molecular flexibility index (Phi) is 4.54. The van der Waals surface area contributed by atoms with Crippen molar-refractivity contribution < 1.29 is 0 Å². The highest BCUT2D eigenvalue weighted by molar-refractivity contribution is 9.10. The van der Waals surface area contributed by atoms with Crippen molar-refractivity contribution in [2.45, 2.75) is 13.3 Å². The lowest BCUT2D eigenvalue weighted by atomic mass is 10.1. The van der Waals surface area contributed by atoms with Crippen LogP contribution in [0, 0.1) is 0 Å². The third-order valence-corrected chi connectivity index (χ3v) is 2.74. The van der Waals surface area contributed by atoms with E-state index < -0.39 is 0 Å². The molecule has 0 N–H and O–H groups in total. The molecule has 0 heterocycles. The predicted molar refractivity (Wildman–Crippen MR) is 63.1 cm³/mol. The summed E-state index contributed by atoms with van der Waals surface area (Å²) in [5, 5.41) is 0. The number of benzene rings is 1.